The Balaban J connectivity index is 1.64. The summed E-state index contributed by atoms with van der Waals surface area (Å²) in [4.78, 5) is 0. The first-order chi connectivity index (χ1) is 14.1. The van der Waals surface area contributed by atoms with Crippen molar-refractivity contribution >= 4 is 34.2 Å². The van der Waals surface area contributed by atoms with Crippen molar-refractivity contribution in [2.45, 2.75) is 12.8 Å². The second-order valence-corrected chi connectivity index (χ2v) is 7.98. The predicted octanol–water partition coefficient (Wildman–Crippen LogP) is 4.99. The van der Waals surface area contributed by atoms with E-state index in [9.17, 15) is 10.2 Å². The normalized spacial score (nSPS) is 11.0. The van der Waals surface area contributed by atoms with Gasteiger partial charge in [0.15, 0.2) is 0 Å². The van der Waals surface area contributed by atoms with Crippen molar-refractivity contribution in [1.29, 1.82) is 0 Å². The fourth-order valence-corrected chi connectivity index (χ4v) is 3.44. The zero-order valence-corrected chi connectivity index (χ0v) is 18.7. The topological polar surface area (TPSA) is 90.4 Å². The first-order valence-electron chi connectivity index (χ1n) is 9.35. The van der Waals surface area contributed by atoms with Crippen molar-refractivity contribution in [2.75, 3.05) is 24.1 Å². The maximum absolute atomic E-state index is 10.2. The van der Waals surface area contributed by atoms with E-state index in [1.54, 1.807) is 6.20 Å². The molecule has 0 amide bonds. The molecule has 1 heterocycles. The van der Waals surface area contributed by atoms with Gasteiger partial charge in [0.25, 0.3) is 0 Å². The van der Waals surface area contributed by atoms with Crippen molar-refractivity contribution in [2.24, 2.45) is 0 Å². The van der Waals surface area contributed by atoms with E-state index in [1.165, 1.54) is 23.0 Å². The SMILES string of the molecule is Oc1cc(O)c(-c2[nH]ncc2-c2ccc(OCCCNCCCI)cc2)cc1Cl. The molecule has 0 aliphatic heterocycles. The van der Waals surface area contributed by atoms with E-state index in [-0.39, 0.29) is 16.5 Å². The van der Waals surface area contributed by atoms with E-state index < -0.39 is 0 Å². The summed E-state index contributed by atoms with van der Waals surface area (Å²) in [5, 5.41) is 30.4. The third kappa shape index (κ3) is 5.77. The number of phenols is 2. The number of ether oxygens (including phenoxy) is 1. The Kier molecular flexibility index (Phi) is 8.02. The summed E-state index contributed by atoms with van der Waals surface area (Å²) in [6, 6.07) is 10.5. The number of nitrogens with zero attached hydrogens (tertiary/aromatic N) is 1. The van der Waals surface area contributed by atoms with Gasteiger partial charge in [-0.3, -0.25) is 5.10 Å². The van der Waals surface area contributed by atoms with Crippen molar-refractivity contribution in [3.8, 4) is 39.6 Å². The van der Waals surface area contributed by atoms with E-state index in [0.717, 1.165) is 36.4 Å². The molecule has 0 aliphatic carbocycles. The van der Waals surface area contributed by atoms with Gasteiger partial charge < -0.3 is 20.3 Å². The molecule has 0 radical (unpaired) electrons. The molecule has 0 saturated heterocycles. The van der Waals surface area contributed by atoms with Gasteiger partial charge in [0, 0.05) is 21.6 Å². The number of nitrogens with one attached hydrogen (secondary N) is 2. The molecule has 0 bridgehead atoms. The molecule has 2 aromatic carbocycles. The van der Waals surface area contributed by atoms with E-state index in [0.29, 0.717) is 17.9 Å². The second kappa shape index (κ2) is 10.7. The number of H-pyrrole nitrogens is 1. The second-order valence-electron chi connectivity index (χ2n) is 6.50. The van der Waals surface area contributed by atoms with Gasteiger partial charge in [0.1, 0.15) is 17.2 Å². The molecule has 0 fully saturated rings. The Morgan fingerprint density at radius 1 is 1.03 bits per heavy atom. The minimum absolute atomic E-state index is 0.0792. The molecule has 6 nitrogen and oxygen atoms in total. The Labute approximate surface area is 188 Å². The Bertz CT molecular complexity index is 931. The van der Waals surface area contributed by atoms with Crippen LogP contribution in [0.1, 0.15) is 12.8 Å². The zero-order valence-electron chi connectivity index (χ0n) is 15.8. The van der Waals surface area contributed by atoms with Crippen molar-refractivity contribution in [3.63, 3.8) is 0 Å². The smallest absolute Gasteiger partial charge is 0.137 e. The number of aromatic nitrogens is 2. The highest BCUT2D eigenvalue weighted by molar-refractivity contribution is 14.1. The summed E-state index contributed by atoms with van der Waals surface area (Å²) in [7, 11) is 0. The highest BCUT2D eigenvalue weighted by atomic mass is 127. The van der Waals surface area contributed by atoms with Crippen LogP contribution in [0.3, 0.4) is 0 Å². The van der Waals surface area contributed by atoms with Gasteiger partial charge in [-0.1, -0.05) is 46.3 Å². The van der Waals surface area contributed by atoms with Gasteiger partial charge in [0.05, 0.1) is 23.5 Å². The van der Waals surface area contributed by atoms with Gasteiger partial charge in [-0.15, -0.1) is 0 Å². The fourth-order valence-electron chi connectivity index (χ4n) is 2.90. The first-order valence-corrected chi connectivity index (χ1v) is 11.3. The lowest BCUT2D eigenvalue weighted by Crippen LogP contribution is -2.18. The first kappa shape index (κ1) is 21.7. The van der Waals surface area contributed by atoms with Gasteiger partial charge in [-0.25, -0.2) is 0 Å². The molecule has 0 aliphatic rings. The fraction of sp³-hybridized carbons (Fsp3) is 0.286. The predicted molar refractivity (Wildman–Crippen MR) is 124 cm³/mol. The van der Waals surface area contributed by atoms with Crippen molar-refractivity contribution in [3.05, 3.63) is 47.6 Å². The molecular formula is C21H23ClIN3O3. The Morgan fingerprint density at radius 2 is 1.79 bits per heavy atom. The van der Waals surface area contributed by atoms with Crippen LogP contribution in [-0.2, 0) is 0 Å². The molecule has 4 N–H and O–H groups in total. The maximum atomic E-state index is 10.2. The van der Waals surface area contributed by atoms with Crippen LogP contribution in [-0.4, -0.2) is 44.5 Å². The summed E-state index contributed by atoms with van der Waals surface area (Å²) in [6.07, 6.45) is 3.83. The molecule has 0 atom stereocenters. The zero-order chi connectivity index (χ0) is 20.6. The van der Waals surface area contributed by atoms with Crippen LogP contribution in [0.4, 0.5) is 0 Å². The monoisotopic (exact) mass is 527 g/mol. The molecule has 29 heavy (non-hydrogen) atoms. The van der Waals surface area contributed by atoms with Gasteiger partial charge in [0.2, 0.25) is 0 Å². The number of rotatable bonds is 10. The number of aromatic amines is 1. The lowest BCUT2D eigenvalue weighted by atomic mass is 10.0. The molecule has 154 valence electrons. The highest BCUT2D eigenvalue weighted by Gasteiger charge is 2.16. The average molecular weight is 528 g/mol. The minimum atomic E-state index is -0.171. The number of aromatic hydroxyl groups is 2. The summed E-state index contributed by atoms with van der Waals surface area (Å²) in [5.41, 5.74) is 2.82. The third-order valence-electron chi connectivity index (χ3n) is 4.39. The van der Waals surface area contributed by atoms with Gasteiger partial charge in [-0.2, -0.15) is 5.10 Å². The van der Waals surface area contributed by atoms with Crippen molar-refractivity contribution in [1.82, 2.24) is 15.5 Å². The summed E-state index contributed by atoms with van der Waals surface area (Å²) in [5.74, 6) is 0.557. The van der Waals surface area contributed by atoms with Crippen LogP contribution in [0.2, 0.25) is 5.02 Å². The molecule has 0 spiro atoms. The molecule has 8 heteroatoms. The van der Waals surface area contributed by atoms with E-state index in [1.807, 2.05) is 24.3 Å². The quantitative estimate of drug-likeness (QED) is 0.169. The number of halogens is 2. The van der Waals surface area contributed by atoms with Crippen LogP contribution in [0.25, 0.3) is 22.4 Å². The molecule has 1 aromatic heterocycles. The molecule has 0 saturated carbocycles. The van der Waals surface area contributed by atoms with E-state index in [4.69, 9.17) is 16.3 Å². The van der Waals surface area contributed by atoms with Crippen LogP contribution >= 0.6 is 34.2 Å². The number of alkyl halides is 1. The third-order valence-corrected chi connectivity index (χ3v) is 5.46. The van der Waals surface area contributed by atoms with Gasteiger partial charge in [-0.05, 0) is 49.7 Å². The summed E-state index contributed by atoms with van der Waals surface area (Å²) in [6.45, 7) is 2.66. The van der Waals surface area contributed by atoms with Crippen LogP contribution in [0, 0.1) is 0 Å². The van der Waals surface area contributed by atoms with Gasteiger partial charge >= 0.3 is 0 Å². The van der Waals surface area contributed by atoms with E-state index in [2.05, 4.69) is 38.1 Å². The lowest BCUT2D eigenvalue weighted by Gasteiger charge is -2.10. The van der Waals surface area contributed by atoms with Crippen LogP contribution in [0.15, 0.2) is 42.6 Å². The van der Waals surface area contributed by atoms with Crippen LogP contribution < -0.4 is 10.1 Å². The van der Waals surface area contributed by atoms with Crippen LogP contribution in [0.5, 0.6) is 17.2 Å². The number of hydrogen-bond donors (Lipinski definition) is 4. The van der Waals surface area contributed by atoms with E-state index >= 15 is 0 Å². The number of benzene rings is 2. The molecular weight excluding hydrogens is 505 g/mol. The Morgan fingerprint density at radius 3 is 2.55 bits per heavy atom. The highest BCUT2D eigenvalue weighted by Crippen LogP contribution is 2.40. The van der Waals surface area contributed by atoms with Crippen molar-refractivity contribution < 1.29 is 14.9 Å². The Hall–Kier alpha value is -1.97. The molecule has 3 aromatic rings. The summed E-state index contributed by atoms with van der Waals surface area (Å²) >= 11 is 8.38. The largest absolute Gasteiger partial charge is 0.507 e. The molecule has 3 rings (SSSR count). The standard InChI is InChI=1S/C21H23ClIN3O3/c22-18-11-16(19(27)12-20(18)28)21-17(13-25-26-21)14-3-5-15(6-4-14)29-10-2-9-24-8-1-7-23/h3-6,11-13,24,27-28H,1-2,7-10H2,(H,25,26). The lowest BCUT2D eigenvalue weighted by molar-refractivity contribution is 0.308. The summed E-state index contributed by atoms with van der Waals surface area (Å²) < 4.78 is 6.97. The molecule has 0 unspecified atom stereocenters. The number of phenolic OH excluding ortho intramolecular Hbond substituents is 2. The minimum Gasteiger partial charge on any atom is -0.507 e. The number of hydrogen-bond acceptors (Lipinski definition) is 5. The maximum Gasteiger partial charge on any atom is 0.137 e. The average Bonchev–Trinajstić information content (AvgIpc) is 3.20.